The lowest BCUT2D eigenvalue weighted by atomic mass is 9.59. The maximum Gasteiger partial charge on any atom is 0.264 e. The second-order valence-electron chi connectivity index (χ2n) is 10.5. The molecule has 39 heavy (non-hydrogen) atoms. The number of nitrogens with zero attached hydrogens (tertiary/aromatic N) is 2. The quantitative estimate of drug-likeness (QED) is 0.262. The highest BCUT2D eigenvalue weighted by Crippen LogP contribution is 2.56. The second-order valence-corrected chi connectivity index (χ2v) is 10.5. The molecule has 0 bridgehead atoms. The van der Waals surface area contributed by atoms with Crippen molar-refractivity contribution in [3.63, 3.8) is 0 Å². The van der Waals surface area contributed by atoms with Crippen molar-refractivity contribution in [1.82, 2.24) is 0 Å². The van der Waals surface area contributed by atoms with Crippen molar-refractivity contribution >= 4 is 34.8 Å². The van der Waals surface area contributed by atoms with Crippen molar-refractivity contribution in [3.8, 4) is 11.1 Å². The number of hydrogen-bond donors (Lipinski definition) is 0. The Morgan fingerprint density at radius 3 is 1.51 bits per heavy atom. The lowest BCUT2D eigenvalue weighted by Gasteiger charge is -2.48. The molecule has 1 spiro atoms. The number of anilines is 2. The molecule has 2 amide bonds. The summed E-state index contributed by atoms with van der Waals surface area (Å²) in [7, 11) is 4.02. The van der Waals surface area contributed by atoms with Gasteiger partial charge in [-0.3, -0.25) is 19.2 Å². The summed E-state index contributed by atoms with van der Waals surface area (Å²) in [6, 6.07) is 32.6. The van der Waals surface area contributed by atoms with E-state index in [1.54, 1.807) is 12.1 Å². The Kier molecular flexibility index (Phi) is 4.68. The van der Waals surface area contributed by atoms with Crippen molar-refractivity contribution in [2.75, 3.05) is 23.9 Å². The van der Waals surface area contributed by atoms with Gasteiger partial charge in [-0.2, -0.15) is 0 Å². The second kappa shape index (κ2) is 7.84. The Labute approximate surface area is 225 Å². The molecule has 1 heterocycles. The van der Waals surface area contributed by atoms with E-state index in [4.69, 9.17) is 0 Å². The number of benzene rings is 4. The molecule has 0 atom stereocenters. The van der Waals surface area contributed by atoms with Crippen LogP contribution >= 0.6 is 0 Å². The fourth-order valence-electron chi connectivity index (χ4n) is 6.53. The zero-order valence-corrected chi connectivity index (χ0v) is 21.5. The van der Waals surface area contributed by atoms with Gasteiger partial charge in [-0.25, -0.2) is 4.90 Å². The van der Waals surface area contributed by atoms with Crippen LogP contribution in [0.25, 0.3) is 11.1 Å². The molecule has 0 unspecified atom stereocenters. The number of carbonyl (C=O) groups excluding carboxylic acids is 4. The number of carbonyl (C=O) groups is 4. The van der Waals surface area contributed by atoms with E-state index in [0.717, 1.165) is 44.0 Å². The van der Waals surface area contributed by atoms with Gasteiger partial charge in [0.05, 0.1) is 17.5 Å². The zero-order chi connectivity index (χ0) is 27.1. The Balaban J connectivity index is 1.40. The predicted octanol–water partition coefficient (Wildman–Crippen LogP) is 4.52. The van der Waals surface area contributed by atoms with E-state index in [0.29, 0.717) is 5.69 Å². The zero-order valence-electron chi connectivity index (χ0n) is 21.5. The van der Waals surface area contributed by atoms with E-state index in [1.807, 2.05) is 50.5 Å². The Morgan fingerprint density at radius 2 is 1.05 bits per heavy atom. The monoisotopic (exact) mass is 512 g/mol. The molecule has 2 fully saturated rings. The highest BCUT2D eigenvalue weighted by Gasteiger charge is 2.76. The summed E-state index contributed by atoms with van der Waals surface area (Å²) < 4.78 is 0. The van der Waals surface area contributed by atoms with Crippen LogP contribution < -0.4 is 9.80 Å². The third-order valence-electron chi connectivity index (χ3n) is 8.53. The largest absolute Gasteiger partial charge is 0.378 e. The standard InChI is InChI=1S/C33H24N2O4/c1-34(2)22-15-11-20(12-16-22)32(26-9-5-3-7-24(26)25-8-4-6-10-27(25)32)21-13-17-23(18-14-21)35-30(38)33(31(35)39)28(36)19-29(33)37/h3-18H,19H2,1-2H3. The minimum atomic E-state index is -2.09. The Morgan fingerprint density at radius 1 is 0.590 bits per heavy atom. The molecule has 6 nitrogen and oxygen atoms in total. The number of imide groups is 1. The van der Waals surface area contributed by atoms with Crippen LogP contribution in [-0.2, 0) is 24.6 Å². The van der Waals surface area contributed by atoms with Crippen molar-refractivity contribution in [3.05, 3.63) is 119 Å². The fourth-order valence-corrected chi connectivity index (χ4v) is 6.53. The fraction of sp³-hybridized carbons (Fsp3) is 0.152. The average Bonchev–Trinajstić information content (AvgIpc) is 3.25. The van der Waals surface area contributed by atoms with Crippen molar-refractivity contribution in [2.45, 2.75) is 11.8 Å². The molecule has 4 aromatic carbocycles. The molecule has 0 N–H and O–H groups in total. The summed E-state index contributed by atoms with van der Waals surface area (Å²) in [5.41, 5.74) is 5.42. The molecule has 4 aromatic rings. The number of Topliss-reactive ketones (excluding diaryl/α,β-unsaturated/α-hetero) is 2. The molecule has 7 rings (SSSR count). The first kappa shape index (κ1) is 23.3. The van der Waals surface area contributed by atoms with Gasteiger partial charge in [0.1, 0.15) is 0 Å². The van der Waals surface area contributed by atoms with Crippen LogP contribution in [0.2, 0.25) is 0 Å². The molecular formula is C33H24N2O4. The van der Waals surface area contributed by atoms with Gasteiger partial charge in [-0.15, -0.1) is 0 Å². The van der Waals surface area contributed by atoms with Crippen LogP contribution in [0, 0.1) is 5.41 Å². The summed E-state index contributed by atoms with van der Waals surface area (Å²) in [6.07, 6.45) is -0.349. The molecule has 1 saturated heterocycles. The SMILES string of the molecule is CN(C)c1ccc(C2(c3ccc(N4C(=O)C5(C(=O)CC5=O)C4=O)cc3)c3ccccc3-c3ccccc32)cc1. The molecule has 1 saturated carbocycles. The van der Waals surface area contributed by atoms with E-state index in [2.05, 4.69) is 53.4 Å². The van der Waals surface area contributed by atoms with Crippen LogP contribution in [0.1, 0.15) is 28.7 Å². The highest BCUT2D eigenvalue weighted by atomic mass is 16.2. The van der Waals surface area contributed by atoms with E-state index in [9.17, 15) is 19.2 Å². The van der Waals surface area contributed by atoms with Gasteiger partial charge >= 0.3 is 0 Å². The first-order valence-corrected chi connectivity index (χ1v) is 12.9. The summed E-state index contributed by atoms with van der Waals surface area (Å²) in [5.74, 6) is -2.69. The number of amides is 2. The third kappa shape index (κ3) is 2.70. The number of β-lactam (4-membered cyclic amide) rings is 2. The lowest BCUT2D eigenvalue weighted by Crippen LogP contribution is -2.78. The topological polar surface area (TPSA) is 74.8 Å². The van der Waals surface area contributed by atoms with Gasteiger partial charge in [-0.1, -0.05) is 72.8 Å². The molecule has 1 aliphatic heterocycles. The van der Waals surface area contributed by atoms with Gasteiger partial charge in [0.2, 0.25) is 5.41 Å². The Bertz CT molecular complexity index is 1660. The summed E-state index contributed by atoms with van der Waals surface area (Å²) in [4.78, 5) is 53.0. The van der Waals surface area contributed by atoms with E-state index < -0.39 is 34.2 Å². The number of rotatable bonds is 4. The van der Waals surface area contributed by atoms with Gasteiger partial charge in [-0.05, 0) is 57.6 Å². The van der Waals surface area contributed by atoms with Crippen molar-refractivity contribution in [1.29, 1.82) is 0 Å². The smallest absolute Gasteiger partial charge is 0.264 e. The maximum absolute atomic E-state index is 12.9. The van der Waals surface area contributed by atoms with Crippen LogP contribution in [0.4, 0.5) is 11.4 Å². The van der Waals surface area contributed by atoms with Gasteiger partial charge < -0.3 is 4.90 Å². The van der Waals surface area contributed by atoms with E-state index in [-0.39, 0.29) is 6.42 Å². The average molecular weight is 513 g/mol. The summed E-state index contributed by atoms with van der Waals surface area (Å²) >= 11 is 0. The molecular weight excluding hydrogens is 488 g/mol. The van der Waals surface area contributed by atoms with Crippen molar-refractivity contribution in [2.24, 2.45) is 5.41 Å². The molecule has 3 aliphatic rings. The predicted molar refractivity (Wildman–Crippen MR) is 148 cm³/mol. The number of ketones is 2. The summed E-state index contributed by atoms with van der Waals surface area (Å²) in [6.45, 7) is 0. The highest BCUT2D eigenvalue weighted by molar-refractivity contribution is 6.60. The molecule has 2 aliphatic carbocycles. The third-order valence-corrected chi connectivity index (χ3v) is 8.53. The van der Waals surface area contributed by atoms with Crippen LogP contribution in [0.5, 0.6) is 0 Å². The molecule has 190 valence electrons. The van der Waals surface area contributed by atoms with E-state index >= 15 is 0 Å². The normalized spacial score (nSPS) is 17.9. The molecule has 0 radical (unpaired) electrons. The van der Waals surface area contributed by atoms with Crippen LogP contribution in [0.15, 0.2) is 97.1 Å². The first-order valence-electron chi connectivity index (χ1n) is 12.9. The molecule has 6 heteroatoms. The minimum Gasteiger partial charge on any atom is -0.378 e. The maximum atomic E-state index is 12.9. The number of fused-ring (bicyclic) bond motifs is 3. The van der Waals surface area contributed by atoms with Gasteiger partial charge in [0, 0.05) is 19.8 Å². The van der Waals surface area contributed by atoms with Crippen LogP contribution in [0.3, 0.4) is 0 Å². The van der Waals surface area contributed by atoms with Gasteiger partial charge in [0.25, 0.3) is 11.8 Å². The lowest BCUT2D eigenvalue weighted by molar-refractivity contribution is -0.169. The molecule has 0 aromatic heterocycles. The summed E-state index contributed by atoms with van der Waals surface area (Å²) in [5, 5.41) is 0. The van der Waals surface area contributed by atoms with Crippen LogP contribution in [-0.4, -0.2) is 37.5 Å². The first-order chi connectivity index (χ1) is 18.8. The van der Waals surface area contributed by atoms with E-state index in [1.165, 1.54) is 0 Å². The van der Waals surface area contributed by atoms with Crippen molar-refractivity contribution < 1.29 is 19.2 Å². The minimum absolute atomic E-state index is 0.349. The van der Waals surface area contributed by atoms with Gasteiger partial charge in [0.15, 0.2) is 11.6 Å². The number of hydrogen-bond acceptors (Lipinski definition) is 5. The Hall–Kier alpha value is -4.84.